The molecule has 1 aliphatic heterocycles. The zero-order valence-corrected chi connectivity index (χ0v) is 9.96. The van der Waals surface area contributed by atoms with E-state index in [0.29, 0.717) is 6.54 Å². The smallest absolute Gasteiger partial charge is 0.273 e. The van der Waals surface area contributed by atoms with Gasteiger partial charge in [-0.1, -0.05) is 0 Å². The molecule has 7 nitrogen and oxygen atoms in total. The number of aromatic nitrogens is 1. The van der Waals surface area contributed by atoms with Crippen molar-refractivity contribution in [1.29, 1.82) is 0 Å². The molecule has 2 atom stereocenters. The summed E-state index contributed by atoms with van der Waals surface area (Å²) in [6.45, 7) is 0.935. The van der Waals surface area contributed by atoms with Crippen LogP contribution in [0.1, 0.15) is 35.3 Å². The minimum atomic E-state index is -0.704. The fourth-order valence-corrected chi connectivity index (χ4v) is 1.74. The van der Waals surface area contributed by atoms with E-state index in [1.54, 1.807) is 0 Å². The van der Waals surface area contributed by atoms with Crippen LogP contribution in [-0.4, -0.2) is 41.9 Å². The molecule has 2 unspecified atom stereocenters. The molecule has 0 aliphatic carbocycles. The first-order valence-electron chi connectivity index (χ1n) is 5.92. The van der Waals surface area contributed by atoms with E-state index >= 15 is 0 Å². The summed E-state index contributed by atoms with van der Waals surface area (Å²) >= 11 is 0. The van der Waals surface area contributed by atoms with Crippen molar-refractivity contribution in [2.75, 3.05) is 19.8 Å². The second kappa shape index (κ2) is 5.94. The third-order valence-corrected chi connectivity index (χ3v) is 2.78. The van der Waals surface area contributed by atoms with Gasteiger partial charge < -0.3 is 25.3 Å². The molecular formula is C11H17N3O4. The summed E-state index contributed by atoms with van der Waals surface area (Å²) in [5, 5.41) is 11.6. The molecule has 0 radical (unpaired) electrons. The topological polar surface area (TPSA) is 111 Å². The normalized spacial score (nSPS) is 20.9. The average Bonchev–Trinajstić information content (AvgIpc) is 3.05. The summed E-state index contributed by atoms with van der Waals surface area (Å²) in [7, 11) is 0. The van der Waals surface area contributed by atoms with E-state index in [0.717, 1.165) is 19.4 Å². The number of carbonyl (C=O) groups is 1. The van der Waals surface area contributed by atoms with Gasteiger partial charge in [0.2, 0.25) is 5.89 Å². The van der Waals surface area contributed by atoms with Gasteiger partial charge in [0, 0.05) is 13.2 Å². The molecule has 7 heteroatoms. The molecule has 1 saturated heterocycles. The third kappa shape index (κ3) is 3.06. The van der Waals surface area contributed by atoms with E-state index in [1.165, 1.54) is 6.26 Å². The van der Waals surface area contributed by atoms with Crippen molar-refractivity contribution < 1.29 is 19.1 Å². The van der Waals surface area contributed by atoms with Crippen molar-refractivity contribution in [2.45, 2.75) is 25.0 Å². The van der Waals surface area contributed by atoms with Gasteiger partial charge in [0.1, 0.15) is 12.3 Å². The van der Waals surface area contributed by atoms with Gasteiger partial charge in [0.05, 0.1) is 12.7 Å². The molecule has 1 aromatic heterocycles. The number of rotatable bonds is 5. The van der Waals surface area contributed by atoms with Crippen LogP contribution in [0.5, 0.6) is 0 Å². The largest absolute Gasteiger partial charge is 0.446 e. The zero-order valence-electron chi connectivity index (χ0n) is 9.96. The Bertz CT molecular complexity index is 401. The SMILES string of the molecule is NC(CO)c1nc(C(=O)NCC2CCCO2)co1. The maximum Gasteiger partial charge on any atom is 0.273 e. The van der Waals surface area contributed by atoms with Crippen molar-refractivity contribution in [1.82, 2.24) is 10.3 Å². The summed E-state index contributed by atoms with van der Waals surface area (Å²) in [4.78, 5) is 15.7. The monoisotopic (exact) mass is 255 g/mol. The highest BCUT2D eigenvalue weighted by molar-refractivity contribution is 5.91. The Morgan fingerprint density at radius 2 is 2.56 bits per heavy atom. The maximum absolute atomic E-state index is 11.7. The molecule has 2 heterocycles. The summed E-state index contributed by atoms with van der Waals surface area (Å²) in [6.07, 6.45) is 3.30. The molecule has 100 valence electrons. The van der Waals surface area contributed by atoms with Crippen LogP contribution in [0.2, 0.25) is 0 Å². The van der Waals surface area contributed by atoms with E-state index in [4.69, 9.17) is 20.0 Å². The molecule has 1 fully saturated rings. The van der Waals surface area contributed by atoms with Crippen molar-refractivity contribution in [3.8, 4) is 0 Å². The number of carbonyl (C=O) groups excluding carboxylic acids is 1. The first-order valence-corrected chi connectivity index (χ1v) is 5.92. The van der Waals surface area contributed by atoms with E-state index in [2.05, 4.69) is 10.3 Å². The second-order valence-electron chi connectivity index (χ2n) is 4.21. The molecular weight excluding hydrogens is 238 g/mol. The second-order valence-corrected chi connectivity index (χ2v) is 4.21. The molecule has 0 aromatic carbocycles. The van der Waals surface area contributed by atoms with Crippen molar-refractivity contribution in [3.05, 3.63) is 17.8 Å². The summed E-state index contributed by atoms with van der Waals surface area (Å²) in [5.74, 6) is -0.176. The van der Waals surface area contributed by atoms with Gasteiger partial charge >= 0.3 is 0 Å². The van der Waals surface area contributed by atoms with E-state index in [1.807, 2.05) is 0 Å². The molecule has 1 aromatic rings. The predicted molar refractivity (Wildman–Crippen MR) is 61.8 cm³/mol. The van der Waals surface area contributed by atoms with Crippen LogP contribution < -0.4 is 11.1 Å². The predicted octanol–water partition coefficient (Wildman–Crippen LogP) is -0.424. The van der Waals surface area contributed by atoms with Crippen LogP contribution in [0.15, 0.2) is 10.7 Å². The number of nitrogens with two attached hydrogens (primary N) is 1. The van der Waals surface area contributed by atoms with Gasteiger partial charge in [0.15, 0.2) is 5.69 Å². The van der Waals surface area contributed by atoms with Crippen LogP contribution in [0.25, 0.3) is 0 Å². The molecule has 18 heavy (non-hydrogen) atoms. The Morgan fingerprint density at radius 3 is 3.22 bits per heavy atom. The number of ether oxygens (including phenoxy) is 1. The molecule has 2 rings (SSSR count). The summed E-state index contributed by atoms with van der Waals surface area (Å²) in [6, 6.07) is -0.704. The third-order valence-electron chi connectivity index (χ3n) is 2.78. The van der Waals surface area contributed by atoms with Crippen LogP contribution >= 0.6 is 0 Å². The lowest BCUT2D eigenvalue weighted by molar-refractivity contribution is 0.0853. The highest BCUT2D eigenvalue weighted by atomic mass is 16.5. The number of aliphatic hydroxyl groups is 1. The molecule has 0 spiro atoms. The van der Waals surface area contributed by atoms with Crippen LogP contribution in [0, 0.1) is 0 Å². The Balaban J connectivity index is 1.86. The highest BCUT2D eigenvalue weighted by Crippen LogP contribution is 2.12. The first kappa shape index (κ1) is 13.0. The van der Waals surface area contributed by atoms with Gasteiger partial charge in [-0.25, -0.2) is 4.98 Å². The minimum Gasteiger partial charge on any atom is -0.446 e. The van der Waals surface area contributed by atoms with Crippen LogP contribution in [0.3, 0.4) is 0 Å². The number of nitrogens with zero attached hydrogens (tertiary/aromatic N) is 1. The van der Waals surface area contributed by atoms with E-state index < -0.39 is 6.04 Å². The van der Waals surface area contributed by atoms with Gasteiger partial charge in [-0.15, -0.1) is 0 Å². The van der Waals surface area contributed by atoms with Gasteiger partial charge in [-0.3, -0.25) is 4.79 Å². The maximum atomic E-state index is 11.7. The standard InChI is InChI=1S/C11H17N3O4/c12-8(5-15)11-14-9(6-18-11)10(16)13-4-7-2-1-3-17-7/h6-8,15H,1-5,12H2,(H,13,16). The van der Waals surface area contributed by atoms with E-state index in [9.17, 15) is 4.79 Å². The average molecular weight is 255 g/mol. The van der Waals surface area contributed by atoms with E-state index in [-0.39, 0.29) is 30.2 Å². The van der Waals surface area contributed by atoms with Crippen molar-refractivity contribution in [2.24, 2.45) is 5.73 Å². The van der Waals surface area contributed by atoms with Gasteiger partial charge in [-0.05, 0) is 12.8 Å². The lowest BCUT2D eigenvalue weighted by Gasteiger charge is -2.09. The first-order chi connectivity index (χ1) is 8.70. The Labute approximate surface area is 104 Å². The number of aliphatic hydroxyl groups excluding tert-OH is 1. The highest BCUT2D eigenvalue weighted by Gasteiger charge is 2.19. The van der Waals surface area contributed by atoms with Crippen LogP contribution in [-0.2, 0) is 4.74 Å². The Morgan fingerprint density at radius 1 is 1.72 bits per heavy atom. The molecule has 0 saturated carbocycles. The molecule has 0 bridgehead atoms. The Kier molecular flexibility index (Phi) is 4.29. The number of nitrogens with one attached hydrogen (secondary N) is 1. The Hall–Kier alpha value is -1.44. The molecule has 1 amide bonds. The quantitative estimate of drug-likeness (QED) is 0.658. The number of hydrogen-bond acceptors (Lipinski definition) is 6. The number of amides is 1. The summed E-state index contributed by atoms with van der Waals surface area (Å²) < 4.78 is 10.4. The lowest BCUT2D eigenvalue weighted by Crippen LogP contribution is -2.32. The van der Waals surface area contributed by atoms with Gasteiger partial charge in [0.25, 0.3) is 5.91 Å². The number of oxazole rings is 1. The zero-order chi connectivity index (χ0) is 13.0. The van der Waals surface area contributed by atoms with Crippen LogP contribution in [0.4, 0.5) is 0 Å². The van der Waals surface area contributed by atoms with Crippen molar-refractivity contribution >= 4 is 5.91 Å². The fraction of sp³-hybridized carbons (Fsp3) is 0.636. The number of hydrogen-bond donors (Lipinski definition) is 3. The molecule has 1 aliphatic rings. The van der Waals surface area contributed by atoms with Gasteiger partial charge in [-0.2, -0.15) is 0 Å². The van der Waals surface area contributed by atoms with Crippen molar-refractivity contribution in [3.63, 3.8) is 0 Å². The fourth-order valence-electron chi connectivity index (χ4n) is 1.74. The molecule has 4 N–H and O–H groups in total. The minimum absolute atomic E-state index is 0.0834. The lowest BCUT2D eigenvalue weighted by atomic mass is 10.2. The summed E-state index contributed by atoms with van der Waals surface area (Å²) in [5.41, 5.74) is 5.68.